The summed E-state index contributed by atoms with van der Waals surface area (Å²) in [4.78, 5) is 0. The third kappa shape index (κ3) is 2.78. The molecule has 2 heterocycles. The Morgan fingerprint density at radius 1 is 1.04 bits per heavy atom. The van der Waals surface area contributed by atoms with E-state index in [1.54, 1.807) is 11.8 Å². The van der Waals surface area contributed by atoms with Crippen LogP contribution in [0.25, 0.3) is 11.4 Å². The van der Waals surface area contributed by atoms with Gasteiger partial charge < -0.3 is 0 Å². The number of aryl methyl sites for hydroxylation is 1. The molecule has 2 aromatic carbocycles. The fourth-order valence-electron chi connectivity index (χ4n) is 2.48. The minimum absolute atomic E-state index is 0.725. The highest BCUT2D eigenvalue weighted by Crippen LogP contribution is 2.28. The quantitative estimate of drug-likeness (QED) is 0.700. The lowest BCUT2D eigenvalue weighted by Crippen LogP contribution is -2.13. The zero-order chi connectivity index (χ0) is 15.8. The fraction of sp³-hybridized carbons (Fsp3) is 0.118. The van der Waals surface area contributed by atoms with Crippen LogP contribution in [0.2, 0.25) is 5.02 Å². The number of benzene rings is 2. The van der Waals surface area contributed by atoms with Crippen molar-refractivity contribution in [1.82, 2.24) is 14.9 Å². The van der Waals surface area contributed by atoms with E-state index >= 15 is 0 Å². The molecule has 0 N–H and O–H groups in total. The van der Waals surface area contributed by atoms with Crippen molar-refractivity contribution in [3.05, 3.63) is 64.7 Å². The van der Waals surface area contributed by atoms with E-state index in [1.807, 2.05) is 41.1 Å². The molecule has 0 saturated heterocycles. The monoisotopic (exact) mass is 340 g/mol. The summed E-state index contributed by atoms with van der Waals surface area (Å²) in [6.45, 7) is 2.06. The minimum Gasteiger partial charge on any atom is -0.187 e. The lowest BCUT2D eigenvalue weighted by Gasteiger charge is -2.14. The van der Waals surface area contributed by atoms with Gasteiger partial charge in [0.25, 0.3) is 0 Å². The Bertz CT molecular complexity index is 899. The number of thioether (sulfide) groups is 1. The Labute approximate surface area is 143 Å². The molecule has 0 fully saturated rings. The highest BCUT2D eigenvalue weighted by molar-refractivity contribution is 7.99. The maximum atomic E-state index is 5.96. The number of fused-ring (bicyclic) bond motifs is 1. The van der Waals surface area contributed by atoms with Crippen molar-refractivity contribution in [2.45, 2.75) is 12.1 Å². The van der Waals surface area contributed by atoms with Gasteiger partial charge in [-0.25, -0.2) is 0 Å². The van der Waals surface area contributed by atoms with Gasteiger partial charge in [-0.15, -0.1) is 10.2 Å². The van der Waals surface area contributed by atoms with Crippen LogP contribution < -0.4 is 0 Å². The van der Waals surface area contributed by atoms with Crippen molar-refractivity contribution in [1.29, 1.82) is 0 Å². The third-order valence-electron chi connectivity index (χ3n) is 3.62. The summed E-state index contributed by atoms with van der Waals surface area (Å²) in [6.07, 6.45) is 0. The van der Waals surface area contributed by atoms with Crippen LogP contribution in [0.3, 0.4) is 0 Å². The summed E-state index contributed by atoms with van der Waals surface area (Å²) in [5.74, 6) is 1.54. The maximum absolute atomic E-state index is 5.96. The smallest absolute Gasteiger partial charge is 0.187 e. The Morgan fingerprint density at radius 3 is 2.65 bits per heavy atom. The third-order valence-corrected chi connectivity index (χ3v) is 4.81. The molecule has 114 valence electrons. The van der Waals surface area contributed by atoms with Crippen LogP contribution in [0.1, 0.15) is 11.1 Å². The minimum atomic E-state index is 0.725. The summed E-state index contributed by atoms with van der Waals surface area (Å²) in [7, 11) is 0. The van der Waals surface area contributed by atoms with E-state index in [9.17, 15) is 0 Å². The normalized spacial score (nSPS) is 13.6. The van der Waals surface area contributed by atoms with Gasteiger partial charge in [0.2, 0.25) is 5.16 Å². The molecule has 4 rings (SSSR count). The highest BCUT2D eigenvalue weighted by atomic mass is 35.5. The van der Waals surface area contributed by atoms with Crippen LogP contribution in [-0.4, -0.2) is 26.3 Å². The molecular formula is C17H13ClN4S. The van der Waals surface area contributed by atoms with Gasteiger partial charge in [0.05, 0.1) is 5.71 Å². The predicted octanol–water partition coefficient (Wildman–Crippen LogP) is 4.27. The molecule has 0 amide bonds. The van der Waals surface area contributed by atoms with Crippen LogP contribution in [0.4, 0.5) is 0 Å². The van der Waals surface area contributed by atoms with Gasteiger partial charge in [0.1, 0.15) is 0 Å². The molecular weight excluding hydrogens is 328 g/mol. The number of hydrogen-bond donors (Lipinski definition) is 0. The number of rotatable bonds is 2. The molecule has 4 nitrogen and oxygen atoms in total. The first-order chi connectivity index (χ1) is 11.2. The number of hydrogen-bond acceptors (Lipinski definition) is 4. The van der Waals surface area contributed by atoms with Crippen LogP contribution in [0.5, 0.6) is 0 Å². The average Bonchev–Trinajstić information content (AvgIpc) is 2.98. The summed E-state index contributed by atoms with van der Waals surface area (Å²) in [5, 5.41) is 14.9. The number of nitrogens with zero attached hydrogens (tertiary/aromatic N) is 4. The Hall–Kier alpha value is -2.11. The van der Waals surface area contributed by atoms with E-state index in [1.165, 1.54) is 5.56 Å². The standard InChI is InChI=1S/C17H13ClN4S/c1-11-3-2-4-13(9-11)16-19-20-17-22(16)21-15(10-23-17)12-5-7-14(18)8-6-12/h2-9H,10H2,1H3. The first-order valence-electron chi connectivity index (χ1n) is 7.20. The Kier molecular flexibility index (Phi) is 3.67. The first-order valence-corrected chi connectivity index (χ1v) is 8.56. The predicted molar refractivity (Wildman–Crippen MR) is 94.3 cm³/mol. The topological polar surface area (TPSA) is 43.1 Å². The second-order valence-electron chi connectivity index (χ2n) is 5.33. The summed E-state index contributed by atoms with van der Waals surface area (Å²) < 4.78 is 1.83. The van der Waals surface area contributed by atoms with Gasteiger partial charge in [-0.05, 0) is 30.7 Å². The van der Waals surface area contributed by atoms with Crippen molar-refractivity contribution >= 4 is 29.1 Å². The van der Waals surface area contributed by atoms with Crippen molar-refractivity contribution in [2.24, 2.45) is 5.10 Å². The van der Waals surface area contributed by atoms with Crippen molar-refractivity contribution < 1.29 is 0 Å². The SMILES string of the molecule is Cc1cccc(-c2nnc3n2N=C(c2ccc(Cl)cc2)CS3)c1. The molecule has 23 heavy (non-hydrogen) atoms. The summed E-state index contributed by atoms with van der Waals surface area (Å²) >= 11 is 7.61. The largest absolute Gasteiger partial charge is 0.212 e. The lowest BCUT2D eigenvalue weighted by molar-refractivity contribution is 0.762. The van der Waals surface area contributed by atoms with Crippen molar-refractivity contribution in [3.63, 3.8) is 0 Å². The van der Waals surface area contributed by atoms with Gasteiger partial charge in [-0.2, -0.15) is 9.78 Å². The second-order valence-corrected chi connectivity index (χ2v) is 6.71. The molecule has 0 unspecified atom stereocenters. The molecule has 0 atom stereocenters. The van der Waals surface area contributed by atoms with Crippen molar-refractivity contribution in [3.8, 4) is 11.4 Å². The molecule has 0 radical (unpaired) electrons. The molecule has 1 aliphatic rings. The average molecular weight is 341 g/mol. The van der Waals surface area contributed by atoms with E-state index in [-0.39, 0.29) is 0 Å². The molecule has 0 saturated carbocycles. The van der Waals surface area contributed by atoms with Gasteiger partial charge in [-0.1, -0.05) is 59.3 Å². The van der Waals surface area contributed by atoms with E-state index < -0.39 is 0 Å². The molecule has 0 bridgehead atoms. The van der Waals surface area contributed by atoms with Gasteiger partial charge in [-0.3, -0.25) is 0 Å². The van der Waals surface area contributed by atoms with Crippen LogP contribution in [0, 0.1) is 6.92 Å². The van der Waals surface area contributed by atoms with Crippen LogP contribution in [0.15, 0.2) is 58.8 Å². The zero-order valence-electron chi connectivity index (χ0n) is 12.4. The van der Waals surface area contributed by atoms with E-state index in [0.717, 1.165) is 38.6 Å². The second kappa shape index (κ2) is 5.83. The number of halogens is 1. The lowest BCUT2D eigenvalue weighted by atomic mass is 10.1. The number of aromatic nitrogens is 3. The zero-order valence-corrected chi connectivity index (χ0v) is 14.0. The molecule has 0 aliphatic carbocycles. The van der Waals surface area contributed by atoms with Gasteiger partial charge >= 0.3 is 0 Å². The van der Waals surface area contributed by atoms with Gasteiger partial charge in [0, 0.05) is 16.3 Å². The molecule has 6 heteroatoms. The van der Waals surface area contributed by atoms with Crippen LogP contribution >= 0.6 is 23.4 Å². The molecule has 1 aromatic heterocycles. The first kappa shape index (κ1) is 14.5. The van der Waals surface area contributed by atoms with Gasteiger partial charge in [0.15, 0.2) is 5.82 Å². The fourth-order valence-corrected chi connectivity index (χ4v) is 3.44. The summed E-state index contributed by atoms with van der Waals surface area (Å²) in [6, 6.07) is 15.9. The van der Waals surface area contributed by atoms with Crippen LogP contribution in [-0.2, 0) is 0 Å². The van der Waals surface area contributed by atoms with E-state index in [2.05, 4.69) is 29.3 Å². The van der Waals surface area contributed by atoms with Crippen molar-refractivity contribution in [2.75, 3.05) is 5.75 Å². The molecule has 1 aliphatic heterocycles. The molecule has 3 aromatic rings. The Morgan fingerprint density at radius 2 is 1.87 bits per heavy atom. The highest BCUT2D eigenvalue weighted by Gasteiger charge is 2.20. The Balaban J connectivity index is 1.79. The molecule has 0 spiro atoms. The van der Waals surface area contributed by atoms with E-state index in [0.29, 0.717) is 0 Å². The van der Waals surface area contributed by atoms with E-state index in [4.69, 9.17) is 16.7 Å². The maximum Gasteiger partial charge on any atom is 0.212 e. The summed E-state index contributed by atoms with van der Waals surface area (Å²) in [5.41, 5.74) is 4.26.